The van der Waals surface area contributed by atoms with E-state index in [1.165, 1.54) is 4.90 Å². The van der Waals surface area contributed by atoms with Crippen LogP contribution in [0.25, 0.3) is 6.08 Å². The second kappa shape index (κ2) is 6.57. The molecule has 0 aromatic heterocycles. The van der Waals surface area contributed by atoms with Crippen molar-refractivity contribution in [1.29, 1.82) is 0 Å². The first-order valence-corrected chi connectivity index (χ1v) is 9.11. The van der Waals surface area contributed by atoms with Crippen LogP contribution in [0.4, 0.5) is 4.79 Å². The Bertz CT molecular complexity index is 897. The average molecular weight is 418 g/mol. The lowest BCUT2D eigenvalue weighted by Crippen LogP contribution is -2.27. The Morgan fingerprint density at radius 1 is 1.12 bits per heavy atom. The van der Waals surface area contributed by atoms with Crippen LogP contribution in [0.5, 0.6) is 11.5 Å². The maximum absolute atomic E-state index is 12.6. The number of carbonyl (C=O) groups excluding carboxylic acids is 2. The van der Waals surface area contributed by atoms with Crippen LogP contribution >= 0.6 is 27.7 Å². The highest BCUT2D eigenvalue weighted by Crippen LogP contribution is 2.40. The van der Waals surface area contributed by atoms with E-state index in [1.807, 2.05) is 30.3 Å². The largest absolute Gasteiger partial charge is 0.454 e. The van der Waals surface area contributed by atoms with Gasteiger partial charge in [0.25, 0.3) is 11.1 Å². The number of fused-ring (bicyclic) bond motifs is 1. The fourth-order valence-corrected chi connectivity index (χ4v) is 3.85. The van der Waals surface area contributed by atoms with E-state index < -0.39 is 0 Å². The maximum atomic E-state index is 12.6. The van der Waals surface area contributed by atoms with E-state index in [9.17, 15) is 9.59 Å². The predicted molar refractivity (Wildman–Crippen MR) is 98.2 cm³/mol. The molecule has 4 rings (SSSR count). The molecule has 2 amide bonds. The molecule has 2 aromatic carbocycles. The molecule has 0 N–H and O–H groups in total. The summed E-state index contributed by atoms with van der Waals surface area (Å²) >= 11 is 4.41. The van der Waals surface area contributed by atoms with Gasteiger partial charge in [-0.05, 0) is 41.1 Å². The summed E-state index contributed by atoms with van der Waals surface area (Å²) in [5.74, 6) is 0.989. The average Bonchev–Trinajstić information content (AvgIpc) is 3.16. The van der Waals surface area contributed by atoms with E-state index in [0.717, 1.165) is 27.4 Å². The smallest absolute Gasteiger partial charge is 0.293 e. The molecule has 7 heteroatoms. The minimum atomic E-state index is -0.289. The van der Waals surface area contributed by atoms with Crippen molar-refractivity contribution in [3.63, 3.8) is 0 Å². The van der Waals surface area contributed by atoms with E-state index in [4.69, 9.17) is 9.47 Å². The number of hydrogen-bond donors (Lipinski definition) is 0. The molecule has 0 aliphatic carbocycles. The highest BCUT2D eigenvalue weighted by molar-refractivity contribution is 9.10. The molecular formula is C18H12BrNO4S. The van der Waals surface area contributed by atoms with Crippen molar-refractivity contribution in [2.75, 3.05) is 6.79 Å². The highest BCUT2D eigenvalue weighted by Gasteiger charge is 2.35. The molecule has 1 fully saturated rings. The minimum absolute atomic E-state index is 0.179. The molecule has 0 atom stereocenters. The molecule has 0 spiro atoms. The molecule has 0 saturated carbocycles. The van der Waals surface area contributed by atoms with E-state index in [-0.39, 0.29) is 24.5 Å². The van der Waals surface area contributed by atoms with Crippen molar-refractivity contribution in [1.82, 2.24) is 4.90 Å². The second-order valence-electron chi connectivity index (χ2n) is 5.48. The van der Waals surface area contributed by atoms with Gasteiger partial charge in [0.15, 0.2) is 11.5 Å². The van der Waals surface area contributed by atoms with Gasteiger partial charge in [0.2, 0.25) is 6.79 Å². The van der Waals surface area contributed by atoms with Gasteiger partial charge in [-0.3, -0.25) is 14.5 Å². The summed E-state index contributed by atoms with van der Waals surface area (Å²) in [4.78, 5) is 26.5. The topological polar surface area (TPSA) is 55.8 Å². The zero-order valence-electron chi connectivity index (χ0n) is 12.9. The molecule has 5 nitrogen and oxygen atoms in total. The van der Waals surface area contributed by atoms with E-state index >= 15 is 0 Å². The van der Waals surface area contributed by atoms with E-state index in [1.54, 1.807) is 18.2 Å². The number of hydrogen-bond acceptors (Lipinski definition) is 5. The number of imide groups is 1. The van der Waals surface area contributed by atoms with Gasteiger partial charge in [-0.25, -0.2) is 0 Å². The van der Waals surface area contributed by atoms with Gasteiger partial charge in [-0.2, -0.15) is 0 Å². The first kappa shape index (κ1) is 16.2. The van der Waals surface area contributed by atoms with Crippen molar-refractivity contribution in [3.05, 3.63) is 63.0 Å². The van der Waals surface area contributed by atoms with Crippen LogP contribution in [-0.4, -0.2) is 22.8 Å². The van der Waals surface area contributed by atoms with Gasteiger partial charge in [0.05, 0.1) is 11.4 Å². The molecule has 2 aliphatic rings. The third-order valence-corrected chi connectivity index (χ3v) is 5.43. The Labute approximate surface area is 156 Å². The monoisotopic (exact) mass is 417 g/mol. The Kier molecular flexibility index (Phi) is 4.27. The lowest BCUT2D eigenvalue weighted by Gasteiger charge is -2.12. The zero-order valence-corrected chi connectivity index (χ0v) is 15.3. The SMILES string of the molecule is O=C1SC(=Cc2cc3c(cc2Br)OCO3)C(=O)N1Cc1ccccc1. The van der Waals surface area contributed by atoms with Gasteiger partial charge >= 0.3 is 0 Å². The molecule has 0 radical (unpaired) electrons. The third-order valence-electron chi connectivity index (χ3n) is 3.84. The molecule has 2 heterocycles. The molecule has 25 heavy (non-hydrogen) atoms. The number of thioether (sulfide) groups is 1. The number of benzene rings is 2. The van der Waals surface area contributed by atoms with Crippen molar-refractivity contribution in [2.45, 2.75) is 6.54 Å². The molecular weight excluding hydrogens is 406 g/mol. The summed E-state index contributed by atoms with van der Waals surface area (Å²) < 4.78 is 11.5. The van der Waals surface area contributed by atoms with Gasteiger partial charge < -0.3 is 9.47 Å². The quantitative estimate of drug-likeness (QED) is 0.692. The zero-order chi connectivity index (χ0) is 17.4. The van der Waals surface area contributed by atoms with Crippen molar-refractivity contribution in [2.24, 2.45) is 0 Å². The second-order valence-corrected chi connectivity index (χ2v) is 7.33. The fraction of sp³-hybridized carbons (Fsp3) is 0.111. The first-order valence-electron chi connectivity index (χ1n) is 7.50. The Hall–Kier alpha value is -2.25. The normalized spacial score (nSPS) is 17.6. The number of carbonyl (C=O) groups is 2. The lowest BCUT2D eigenvalue weighted by molar-refractivity contribution is -0.123. The number of rotatable bonds is 3. The van der Waals surface area contributed by atoms with E-state index in [2.05, 4.69) is 15.9 Å². The number of halogens is 1. The van der Waals surface area contributed by atoms with Gasteiger partial charge in [-0.15, -0.1) is 0 Å². The maximum Gasteiger partial charge on any atom is 0.293 e. The molecule has 126 valence electrons. The van der Waals surface area contributed by atoms with Crippen LogP contribution in [0.2, 0.25) is 0 Å². The van der Waals surface area contributed by atoms with Crippen LogP contribution in [-0.2, 0) is 11.3 Å². The van der Waals surface area contributed by atoms with Crippen LogP contribution < -0.4 is 9.47 Å². The summed E-state index contributed by atoms with van der Waals surface area (Å²) in [6.45, 7) is 0.448. The molecule has 0 bridgehead atoms. The van der Waals surface area contributed by atoms with Crippen LogP contribution in [0.1, 0.15) is 11.1 Å². The van der Waals surface area contributed by atoms with Crippen molar-refractivity contribution >= 4 is 44.9 Å². The number of ether oxygens (including phenoxy) is 2. The summed E-state index contributed by atoms with van der Waals surface area (Å²) in [6.07, 6.45) is 1.70. The Balaban J connectivity index is 1.60. The molecule has 2 aliphatic heterocycles. The highest BCUT2D eigenvalue weighted by atomic mass is 79.9. The molecule has 1 saturated heterocycles. The molecule has 0 unspecified atom stereocenters. The van der Waals surface area contributed by atoms with Crippen LogP contribution in [0, 0.1) is 0 Å². The molecule has 2 aromatic rings. The summed E-state index contributed by atoms with van der Waals surface area (Å²) in [5, 5.41) is -0.267. The summed E-state index contributed by atoms with van der Waals surface area (Å²) in [5.41, 5.74) is 1.67. The standard InChI is InChI=1S/C18H12BrNO4S/c19-13-8-15-14(23-10-24-15)6-12(13)7-16-17(21)20(18(22)25-16)9-11-4-2-1-3-5-11/h1-8H,9-10H2. The van der Waals surface area contributed by atoms with E-state index in [0.29, 0.717) is 16.4 Å². The fourth-order valence-electron chi connectivity index (χ4n) is 2.59. The van der Waals surface area contributed by atoms with Crippen molar-refractivity contribution < 1.29 is 19.1 Å². The minimum Gasteiger partial charge on any atom is -0.454 e. The number of nitrogens with zero attached hydrogens (tertiary/aromatic N) is 1. The van der Waals surface area contributed by atoms with Crippen LogP contribution in [0.3, 0.4) is 0 Å². The van der Waals surface area contributed by atoms with Crippen molar-refractivity contribution in [3.8, 4) is 11.5 Å². The summed E-state index contributed by atoms with van der Waals surface area (Å²) in [7, 11) is 0. The lowest BCUT2D eigenvalue weighted by atomic mass is 10.1. The van der Waals surface area contributed by atoms with Crippen LogP contribution in [0.15, 0.2) is 51.8 Å². The first-order chi connectivity index (χ1) is 12.1. The Morgan fingerprint density at radius 3 is 2.60 bits per heavy atom. The van der Waals surface area contributed by atoms with Gasteiger partial charge in [0, 0.05) is 4.47 Å². The summed E-state index contributed by atoms with van der Waals surface area (Å²) in [6, 6.07) is 13.0. The number of amides is 2. The van der Waals surface area contributed by atoms with Gasteiger partial charge in [-0.1, -0.05) is 46.3 Å². The Morgan fingerprint density at radius 2 is 1.84 bits per heavy atom. The third kappa shape index (κ3) is 3.17. The predicted octanol–water partition coefficient (Wildman–Crippen LogP) is 4.41. The van der Waals surface area contributed by atoms with Gasteiger partial charge in [0.1, 0.15) is 0 Å².